The minimum Gasteiger partial charge on any atom is -0.493 e. The topological polar surface area (TPSA) is 47.7 Å². The number of halogens is 1. The molecule has 0 amide bonds. The van der Waals surface area contributed by atoms with E-state index in [2.05, 4.69) is 17.0 Å². The molecular weight excluding hydrogens is 324 g/mol. The molecule has 4 nitrogen and oxygen atoms in total. The zero-order valence-corrected chi connectivity index (χ0v) is 15.5. The standard InChI is InChI=1S/C19H30N2O2.ClH/c1-22-13-16-4-2-5-18(10-16)23-15-19(7-3-8-19)14-21-9-6-17(11-20)12-21;/h2,4-5,10,17H,3,6-9,11-15,20H2,1H3;1H. The van der Waals surface area contributed by atoms with Crippen molar-refractivity contribution in [1.82, 2.24) is 4.90 Å². The molecule has 0 aromatic heterocycles. The normalized spacial score (nSPS) is 22.7. The fraction of sp³-hybridized carbons (Fsp3) is 0.684. The van der Waals surface area contributed by atoms with Crippen molar-refractivity contribution < 1.29 is 9.47 Å². The molecule has 136 valence electrons. The minimum absolute atomic E-state index is 0. The predicted octanol–water partition coefficient (Wildman–Crippen LogP) is 3.08. The Balaban J connectivity index is 0.00000208. The first-order valence-corrected chi connectivity index (χ1v) is 8.86. The predicted molar refractivity (Wildman–Crippen MR) is 99.8 cm³/mol. The summed E-state index contributed by atoms with van der Waals surface area (Å²) in [6.45, 7) is 5.83. The van der Waals surface area contributed by atoms with Gasteiger partial charge in [0.2, 0.25) is 0 Å². The van der Waals surface area contributed by atoms with Gasteiger partial charge in [-0.15, -0.1) is 12.4 Å². The third-order valence-corrected chi connectivity index (χ3v) is 5.43. The van der Waals surface area contributed by atoms with E-state index in [4.69, 9.17) is 15.2 Å². The molecule has 1 aromatic rings. The highest BCUT2D eigenvalue weighted by atomic mass is 35.5. The first kappa shape index (κ1) is 19.5. The lowest BCUT2D eigenvalue weighted by atomic mass is 9.69. The van der Waals surface area contributed by atoms with Gasteiger partial charge in [-0.1, -0.05) is 18.6 Å². The number of rotatable bonds is 8. The maximum Gasteiger partial charge on any atom is 0.119 e. The molecular formula is C19H31ClN2O2. The Labute approximate surface area is 152 Å². The fourth-order valence-corrected chi connectivity index (χ4v) is 3.88. The van der Waals surface area contributed by atoms with Crippen LogP contribution < -0.4 is 10.5 Å². The second-order valence-electron chi connectivity index (χ2n) is 7.35. The number of ether oxygens (including phenoxy) is 2. The van der Waals surface area contributed by atoms with Crippen molar-refractivity contribution in [3.63, 3.8) is 0 Å². The molecule has 3 rings (SSSR count). The molecule has 2 aliphatic rings. The number of methoxy groups -OCH3 is 1. The molecule has 2 N–H and O–H groups in total. The summed E-state index contributed by atoms with van der Waals surface area (Å²) in [4.78, 5) is 2.60. The molecule has 0 bridgehead atoms. The lowest BCUT2D eigenvalue weighted by Gasteiger charge is -2.44. The van der Waals surface area contributed by atoms with E-state index in [1.54, 1.807) is 7.11 Å². The summed E-state index contributed by atoms with van der Waals surface area (Å²) < 4.78 is 11.4. The SMILES string of the molecule is COCc1cccc(OCC2(CN3CCC(CN)C3)CCC2)c1.Cl. The molecule has 2 fully saturated rings. The van der Waals surface area contributed by atoms with Gasteiger partial charge in [0.05, 0.1) is 13.2 Å². The Bertz CT molecular complexity index is 508. The van der Waals surface area contributed by atoms with Crippen LogP contribution in [-0.2, 0) is 11.3 Å². The van der Waals surface area contributed by atoms with Crippen molar-refractivity contribution in [2.75, 3.05) is 39.9 Å². The van der Waals surface area contributed by atoms with Gasteiger partial charge in [-0.05, 0) is 56.0 Å². The summed E-state index contributed by atoms with van der Waals surface area (Å²) in [6, 6.07) is 8.26. The van der Waals surface area contributed by atoms with Crippen molar-refractivity contribution in [2.24, 2.45) is 17.1 Å². The van der Waals surface area contributed by atoms with Crippen molar-refractivity contribution in [3.8, 4) is 5.75 Å². The zero-order valence-electron chi connectivity index (χ0n) is 14.7. The number of benzene rings is 1. The summed E-state index contributed by atoms with van der Waals surface area (Å²) in [5.41, 5.74) is 7.33. The minimum atomic E-state index is 0. The van der Waals surface area contributed by atoms with Gasteiger partial charge in [-0.25, -0.2) is 0 Å². The van der Waals surface area contributed by atoms with E-state index in [0.29, 0.717) is 17.9 Å². The summed E-state index contributed by atoms with van der Waals surface area (Å²) in [5, 5.41) is 0. The van der Waals surface area contributed by atoms with Gasteiger partial charge >= 0.3 is 0 Å². The highest BCUT2D eigenvalue weighted by molar-refractivity contribution is 5.85. The maximum atomic E-state index is 6.16. The molecule has 0 radical (unpaired) electrons. The monoisotopic (exact) mass is 354 g/mol. The molecule has 1 aliphatic carbocycles. The third-order valence-electron chi connectivity index (χ3n) is 5.43. The summed E-state index contributed by atoms with van der Waals surface area (Å²) in [5.74, 6) is 1.66. The van der Waals surface area contributed by atoms with E-state index >= 15 is 0 Å². The average Bonchev–Trinajstić information content (AvgIpc) is 2.98. The van der Waals surface area contributed by atoms with Gasteiger partial charge in [0, 0.05) is 25.6 Å². The Hall–Kier alpha value is -0.810. The Morgan fingerprint density at radius 3 is 2.79 bits per heavy atom. The molecule has 0 spiro atoms. The van der Waals surface area contributed by atoms with E-state index in [1.807, 2.05) is 12.1 Å². The molecule has 1 heterocycles. The highest BCUT2D eigenvalue weighted by Crippen LogP contribution is 2.42. The molecule has 1 unspecified atom stereocenters. The highest BCUT2D eigenvalue weighted by Gasteiger charge is 2.40. The number of nitrogens with two attached hydrogens (primary N) is 1. The van der Waals surface area contributed by atoms with Crippen molar-refractivity contribution in [3.05, 3.63) is 29.8 Å². The van der Waals surface area contributed by atoms with Crippen molar-refractivity contribution in [1.29, 1.82) is 0 Å². The second kappa shape index (κ2) is 9.04. The van der Waals surface area contributed by atoms with Gasteiger partial charge in [0.15, 0.2) is 0 Å². The largest absolute Gasteiger partial charge is 0.493 e. The zero-order chi connectivity index (χ0) is 16.1. The maximum absolute atomic E-state index is 6.16. The number of nitrogens with zero attached hydrogens (tertiary/aromatic N) is 1. The van der Waals surface area contributed by atoms with Crippen molar-refractivity contribution >= 4 is 12.4 Å². The molecule has 1 saturated carbocycles. The van der Waals surface area contributed by atoms with Crippen LogP contribution in [0.4, 0.5) is 0 Å². The van der Waals surface area contributed by atoms with Crippen LogP contribution in [0.25, 0.3) is 0 Å². The van der Waals surface area contributed by atoms with Crippen LogP contribution in [0.15, 0.2) is 24.3 Å². The van der Waals surface area contributed by atoms with Gasteiger partial charge in [0.1, 0.15) is 5.75 Å². The number of hydrogen-bond donors (Lipinski definition) is 1. The first-order chi connectivity index (χ1) is 11.2. The van der Waals surface area contributed by atoms with E-state index in [0.717, 1.165) is 24.5 Å². The summed E-state index contributed by atoms with van der Waals surface area (Å²) in [6.07, 6.45) is 5.16. The molecule has 1 saturated heterocycles. The fourth-order valence-electron chi connectivity index (χ4n) is 3.88. The first-order valence-electron chi connectivity index (χ1n) is 8.86. The van der Waals surface area contributed by atoms with Crippen LogP contribution in [-0.4, -0.2) is 44.8 Å². The lowest BCUT2D eigenvalue weighted by Crippen LogP contribution is -2.45. The van der Waals surface area contributed by atoms with Crippen molar-refractivity contribution in [2.45, 2.75) is 32.3 Å². The van der Waals surface area contributed by atoms with Gasteiger partial charge in [-0.3, -0.25) is 0 Å². The van der Waals surface area contributed by atoms with Gasteiger partial charge < -0.3 is 20.1 Å². The van der Waals surface area contributed by atoms with Crippen LogP contribution in [0.3, 0.4) is 0 Å². The Morgan fingerprint density at radius 2 is 2.17 bits per heavy atom. The van der Waals surface area contributed by atoms with Crippen LogP contribution >= 0.6 is 12.4 Å². The van der Waals surface area contributed by atoms with Gasteiger partial charge in [-0.2, -0.15) is 0 Å². The number of hydrogen-bond acceptors (Lipinski definition) is 4. The van der Waals surface area contributed by atoms with Crippen LogP contribution in [0, 0.1) is 11.3 Å². The quantitative estimate of drug-likeness (QED) is 0.779. The second-order valence-corrected chi connectivity index (χ2v) is 7.35. The Morgan fingerprint density at radius 1 is 1.33 bits per heavy atom. The Kier molecular flexibility index (Phi) is 7.35. The average molecular weight is 355 g/mol. The van der Waals surface area contributed by atoms with E-state index in [9.17, 15) is 0 Å². The summed E-state index contributed by atoms with van der Waals surface area (Å²) in [7, 11) is 1.72. The van der Waals surface area contributed by atoms with Crippen LogP contribution in [0.1, 0.15) is 31.2 Å². The molecule has 1 aromatic carbocycles. The lowest BCUT2D eigenvalue weighted by molar-refractivity contribution is 0.0234. The molecule has 24 heavy (non-hydrogen) atoms. The smallest absolute Gasteiger partial charge is 0.119 e. The van der Waals surface area contributed by atoms with E-state index < -0.39 is 0 Å². The van der Waals surface area contributed by atoms with Crippen LogP contribution in [0.5, 0.6) is 5.75 Å². The van der Waals surface area contributed by atoms with Crippen LogP contribution in [0.2, 0.25) is 0 Å². The molecule has 1 atom stereocenters. The third kappa shape index (κ3) is 4.85. The molecule has 1 aliphatic heterocycles. The molecule has 5 heteroatoms. The number of likely N-dealkylation sites (tertiary alicyclic amines) is 1. The van der Waals surface area contributed by atoms with E-state index in [-0.39, 0.29) is 12.4 Å². The van der Waals surface area contributed by atoms with Gasteiger partial charge in [0.25, 0.3) is 0 Å². The van der Waals surface area contributed by atoms with E-state index in [1.165, 1.54) is 45.3 Å². The summed E-state index contributed by atoms with van der Waals surface area (Å²) >= 11 is 0.